The van der Waals surface area contributed by atoms with Crippen LogP contribution in [0.15, 0.2) is 53.6 Å². The van der Waals surface area contributed by atoms with Gasteiger partial charge in [0.05, 0.1) is 0 Å². The normalized spacial score (nSPS) is 21.6. The van der Waals surface area contributed by atoms with E-state index in [1.807, 2.05) is 60.5 Å². The lowest BCUT2D eigenvalue weighted by atomic mass is 9.97. The largest absolute Gasteiger partial charge is 0.360 e. The molecule has 0 spiro atoms. The van der Waals surface area contributed by atoms with Crippen LogP contribution in [-0.2, 0) is 4.79 Å². The van der Waals surface area contributed by atoms with E-state index in [1.165, 1.54) is 11.8 Å². The first-order valence-electron chi connectivity index (χ1n) is 8.09. The number of fused-ring (bicyclic) bond motifs is 3. The number of carbonyl (C=O) groups excluding carboxylic acids is 1. The van der Waals surface area contributed by atoms with E-state index in [2.05, 4.69) is 10.6 Å². The molecule has 128 valence electrons. The standard InChI is InChI=1S/C18H17ClN4OS/c1-2-25-18-21-17(24)15-12-8-4-6-10-14(12)20-16(23(15)22-18)11-7-3-5-9-13(11)19/h3-10,15-16,20H,2H2,1H3,(H,21,22,24)/t15-,16-/m1/s1. The molecule has 5 nitrogen and oxygen atoms in total. The van der Waals surface area contributed by atoms with Crippen molar-refractivity contribution in [3.8, 4) is 0 Å². The van der Waals surface area contributed by atoms with Gasteiger partial charge in [-0.3, -0.25) is 9.80 Å². The van der Waals surface area contributed by atoms with Gasteiger partial charge in [0.15, 0.2) is 11.2 Å². The third-order valence-corrected chi connectivity index (χ3v) is 5.33. The average Bonchev–Trinajstić information content (AvgIpc) is 2.61. The zero-order valence-corrected chi connectivity index (χ0v) is 15.1. The molecule has 7 heteroatoms. The van der Waals surface area contributed by atoms with Crippen LogP contribution in [0.3, 0.4) is 0 Å². The highest BCUT2D eigenvalue weighted by molar-refractivity contribution is 8.13. The summed E-state index contributed by atoms with van der Waals surface area (Å²) in [5.41, 5.74) is 2.72. The second-order valence-electron chi connectivity index (χ2n) is 5.77. The molecule has 2 atom stereocenters. The Morgan fingerprint density at radius 1 is 1.16 bits per heavy atom. The Bertz CT molecular complexity index is 856. The van der Waals surface area contributed by atoms with Crippen molar-refractivity contribution < 1.29 is 4.79 Å². The molecular weight excluding hydrogens is 356 g/mol. The molecule has 2 N–H and O–H groups in total. The Hall–Kier alpha value is -2.18. The number of para-hydroxylation sites is 1. The molecule has 2 aromatic rings. The predicted molar refractivity (Wildman–Crippen MR) is 103 cm³/mol. The van der Waals surface area contributed by atoms with Gasteiger partial charge in [-0.25, -0.2) is 0 Å². The van der Waals surface area contributed by atoms with Crippen molar-refractivity contribution in [2.45, 2.75) is 19.1 Å². The lowest BCUT2D eigenvalue weighted by Crippen LogP contribution is -2.51. The van der Waals surface area contributed by atoms with Crippen LogP contribution < -0.4 is 10.6 Å². The maximum atomic E-state index is 12.8. The molecule has 0 aliphatic carbocycles. The number of rotatable bonds is 2. The first-order valence-corrected chi connectivity index (χ1v) is 9.46. The molecule has 0 saturated heterocycles. The molecule has 0 fully saturated rings. The van der Waals surface area contributed by atoms with Crippen LogP contribution in [0.2, 0.25) is 5.02 Å². The van der Waals surface area contributed by atoms with Gasteiger partial charge in [-0.15, -0.1) is 5.10 Å². The van der Waals surface area contributed by atoms with Gasteiger partial charge < -0.3 is 10.6 Å². The minimum atomic E-state index is -0.486. The number of nitrogens with one attached hydrogen (secondary N) is 2. The average molecular weight is 373 g/mol. The molecule has 0 saturated carbocycles. The number of halogens is 1. The van der Waals surface area contributed by atoms with Crippen LogP contribution in [0, 0.1) is 0 Å². The first-order chi connectivity index (χ1) is 12.2. The third kappa shape index (κ3) is 2.85. The molecule has 0 aromatic heterocycles. The fourth-order valence-corrected chi connectivity index (χ4v) is 4.01. The molecule has 0 unspecified atom stereocenters. The van der Waals surface area contributed by atoms with E-state index >= 15 is 0 Å². The topological polar surface area (TPSA) is 56.7 Å². The molecular formula is C18H17ClN4OS. The summed E-state index contributed by atoms with van der Waals surface area (Å²) in [7, 11) is 0. The van der Waals surface area contributed by atoms with E-state index in [-0.39, 0.29) is 12.1 Å². The van der Waals surface area contributed by atoms with Crippen molar-refractivity contribution in [3.63, 3.8) is 0 Å². The van der Waals surface area contributed by atoms with Crippen LogP contribution in [0.4, 0.5) is 5.69 Å². The number of amides is 1. The van der Waals surface area contributed by atoms with Crippen molar-refractivity contribution in [2.24, 2.45) is 5.10 Å². The lowest BCUT2D eigenvalue weighted by Gasteiger charge is -2.43. The summed E-state index contributed by atoms with van der Waals surface area (Å²) in [6.45, 7) is 2.03. The van der Waals surface area contributed by atoms with Crippen LogP contribution in [-0.4, -0.2) is 21.8 Å². The second-order valence-corrected chi connectivity index (χ2v) is 7.43. The molecule has 25 heavy (non-hydrogen) atoms. The zero-order chi connectivity index (χ0) is 17.4. The van der Waals surface area contributed by atoms with Gasteiger partial charge in [0.25, 0.3) is 5.91 Å². The van der Waals surface area contributed by atoms with Crippen molar-refractivity contribution in [1.29, 1.82) is 0 Å². The van der Waals surface area contributed by atoms with Crippen molar-refractivity contribution in [1.82, 2.24) is 10.3 Å². The summed E-state index contributed by atoms with van der Waals surface area (Å²) < 4.78 is 0. The Labute approximate surface area is 155 Å². The summed E-state index contributed by atoms with van der Waals surface area (Å²) in [5, 5.41) is 14.2. The van der Waals surface area contributed by atoms with Gasteiger partial charge in [-0.2, -0.15) is 0 Å². The van der Waals surface area contributed by atoms with E-state index in [4.69, 9.17) is 16.7 Å². The van der Waals surface area contributed by atoms with E-state index in [9.17, 15) is 4.79 Å². The monoisotopic (exact) mass is 372 g/mol. The van der Waals surface area contributed by atoms with Crippen LogP contribution in [0.25, 0.3) is 0 Å². The van der Waals surface area contributed by atoms with Gasteiger partial charge in [-0.05, 0) is 17.9 Å². The second kappa shape index (κ2) is 6.61. The molecule has 4 rings (SSSR count). The maximum Gasteiger partial charge on any atom is 0.255 e. The SMILES string of the molecule is CCSC1=NN2[C@H](c3ccccc3Cl)Nc3ccccc3[C@@H]2C(=O)N1. The smallest absolute Gasteiger partial charge is 0.255 e. The Morgan fingerprint density at radius 3 is 2.64 bits per heavy atom. The van der Waals surface area contributed by atoms with Gasteiger partial charge >= 0.3 is 0 Å². The first kappa shape index (κ1) is 16.3. The van der Waals surface area contributed by atoms with Crippen LogP contribution in [0.5, 0.6) is 0 Å². The van der Waals surface area contributed by atoms with E-state index in [0.29, 0.717) is 10.2 Å². The van der Waals surface area contributed by atoms with Crippen molar-refractivity contribution in [3.05, 3.63) is 64.7 Å². The highest BCUT2D eigenvalue weighted by Crippen LogP contribution is 2.43. The maximum absolute atomic E-state index is 12.8. The summed E-state index contributed by atoms with van der Waals surface area (Å²) >= 11 is 7.94. The number of hydrogen-bond acceptors (Lipinski definition) is 5. The number of benzene rings is 2. The van der Waals surface area contributed by atoms with Gasteiger partial charge in [0.2, 0.25) is 0 Å². The number of hydrazone groups is 1. The Balaban J connectivity index is 1.86. The number of anilines is 1. The minimum Gasteiger partial charge on any atom is -0.360 e. The molecule has 2 heterocycles. The zero-order valence-electron chi connectivity index (χ0n) is 13.6. The van der Waals surface area contributed by atoms with E-state index in [0.717, 1.165) is 22.6 Å². The summed E-state index contributed by atoms with van der Waals surface area (Å²) in [6, 6.07) is 15.0. The van der Waals surface area contributed by atoms with Gasteiger partial charge in [0, 0.05) is 21.8 Å². The van der Waals surface area contributed by atoms with Crippen molar-refractivity contribution in [2.75, 3.05) is 11.1 Å². The Morgan fingerprint density at radius 2 is 1.88 bits per heavy atom. The fourth-order valence-electron chi connectivity index (χ4n) is 3.17. The molecule has 0 radical (unpaired) electrons. The number of thioether (sulfide) groups is 1. The minimum absolute atomic E-state index is 0.0723. The number of hydrogen-bond donors (Lipinski definition) is 2. The highest BCUT2D eigenvalue weighted by Gasteiger charge is 2.42. The van der Waals surface area contributed by atoms with Gasteiger partial charge in [-0.1, -0.05) is 66.7 Å². The summed E-state index contributed by atoms with van der Waals surface area (Å²) in [6.07, 6.45) is -0.313. The highest BCUT2D eigenvalue weighted by atomic mass is 35.5. The molecule has 2 aliphatic rings. The van der Waals surface area contributed by atoms with Crippen LogP contribution in [0.1, 0.15) is 30.3 Å². The van der Waals surface area contributed by atoms with Crippen LogP contribution >= 0.6 is 23.4 Å². The summed E-state index contributed by atoms with van der Waals surface area (Å²) in [5.74, 6) is 0.759. The predicted octanol–water partition coefficient (Wildman–Crippen LogP) is 3.96. The molecule has 2 aromatic carbocycles. The molecule has 2 aliphatic heterocycles. The third-order valence-electron chi connectivity index (χ3n) is 4.24. The fraction of sp³-hybridized carbons (Fsp3) is 0.222. The number of amidine groups is 1. The van der Waals surface area contributed by atoms with E-state index < -0.39 is 6.04 Å². The van der Waals surface area contributed by atoms with Crippen molar-refractivity contribution >= 4 is 40.1 Å². The molecule has 0 bridgehead atoms. The quantitative estimate of drug-likeness (QED) is 0.837. The van der Waals surface area contributed by atoms with E-state index in [1.54, 1.807) is 0 Å². The summed E-state index contributed by atoms with van der Waals surface area (Å²) in [4.78, 5) is 12.8. The van der Waals surface area contributed by atoms with Gasteiger partial charge in [0.1, 0.15) is 6.17 Å². The number of nitrogens with zero attached hydrogens (tertiary/aromatic N) is 2. The molecule has 1 amide bonds. The number of carbonyl (C=O) groups is 1. The Kier molecular flexibility index (Phi) is 4.31. The lowest BCUT2D eigenvalue weighted by molar-refractivity contribution is -0.127.